The molecule has 33 heavy (non-hydrogen) atoms. The minimum atomic E-state index is -0.450. The number of methoxy groups -OCH3 is 2. The molecule has 8 nitrogen and oxygen atoms in total. The number of nitrogens with one attached hydrogen (secondary N) is 2. The Morgan fingerprint density at radius 3 is 2.55 bits per heavy atom. The molecule has 0 amide bonds. The number of aliphatic hydroxyl groups is 1. The van der Waals surface area contributed by atoms with Crippen molar-refractivity contribution in [2.45, 2.75) is 38.5 Å². The lowest BCUT2D eigenvalue weighted by Crippen LogP contribution is -2.39. The molecular weight excluding hydrogens is 424 g/mol. The predicted octanol–water partition coefficient (Wildman–Crippen LogP) is 2.41. The normalized spacial score (nSPS) is 15.9. The van der Waals surface area contributed by atoms with Gasteiger partial charge in [0.15, 0.2) is 23.0 Å². The van der Waals surface area contributed by atoms with E-state index in [9.17, 15) is 5.11 Å². The summed E-state index contributed by atoms with van der Waals surface area (Å²) in [5.74, 6) is 3.31. The van der Waals surface area contributed by atoms with Gasteiger partial charge in [-0.05, 0) is 36.2 Å². The fourth-order valence-corrected chi connectivity index (χ4v) is 3.55. The minimum absolute atomic E-state index is 0.110. The fraction of sp³-hybridized carbons (Fsp3) is 0.520. The van der Waals surface area contributed by atoms with Gasteiger partial charge in [0.05, 0.1) is 20.3 Å². The third-order valence-corrected chi connectivity index (χ3v) is 5.24. The Bertz CT molecular complexity index is 854. The van der Waals surface area contributed by atoms with E-state index in [0.717, 1.165) is 11.3 Å². The van der Waals surface area contributed by atoms with Crippen molar-refractivity contribution in [2.75, 3.05) is 47.1 Å². The van der Waals surface area contributed by atoms with Crippen LogP contribution in [0.2, 0.25) is 0 Å². The van der Waals surface area contributed by atoms with Gasteiger partial charge in [0.25, 0.3) is 0 Å². The largest absolute Gasteiger partial charge is 0.493 e. The molecule has 2 aromatic rings. The van der Waals surface area contributed by atoms with E-state index in [2.05, 4.69) is 24.5 Å². The first-order chi connectivity index (χ1) is 16.0. The van der Waals surface area contributed by atoms with Crippen LogP contribution < -0.4 is 34.3 Å². The molecule has 3 N–H and O–H groups in total. The van der Waals surface area contributed by atoms with Gasteiger partial charge < -0.3 is 39.4 Å². The Balaban J connectivity index is 1.44. The number of fused-ring (bicyclic) bond motifs is 1. The van der Waals surface area contributed by atoms with E-state index < -0.39 is 6.10 Å². The molecule has 2 atom stereocenters. The Hall–Kier alpha value is -2.68. The van der Waals surface area contributed by atoms with Crippen LogP contribution >= 0.6 is 0 Å². The summed E-state index contributed by atoms with van der Waals surface area (Å²) in [6.45, 7) is 6.86. The first-order valence-corrected chi connectivity index (χ1v) is 11.4. The Kier molecular flexibility index (Phi) is 9.47. The zero-order valence-electron chi connectivity index (χ0n) is 19.9. The molecule has 0 saturated carbocycles. The molecule has 3 rings (SSSR count). The quantitative estimate of drug-likeness (QED) is 0.393. The average molecular weight is 461 g/mol. The maximum Gasteiger partial charge on any atom is 0.203 e. The first-order valence-electron chi connectivity index (χ1n) is 11.4. The number of hydrogen-bond acceptors (Lipinski definition) is 8. The van der Waals surface area contributed by atoms with E-state index >= 15 is 0 Å². The van der Waals surface area contributed by atoms with Gasteiger partial charge in [0.2, 0.25) is 5.75 Å². The van der Waals surface area contributed by atoms with E-state index in [4.69, 9.17) is 23.7 Å². The second kappa shape index (κ2) is 12.5. The summed E-state index contributed by atoms with van der Waals surface area (Å²) in [4.78, 5) is 0. The van der Waals surface area contributed by atoms with Gasteiger partial charge in [-0.25, -0.2) is 0 Å². The molecule has 0 aromatic heterocycles. The summed E-state index contributed by atoms with van der Waals surface area (Å²) in [5, 5.41) is 16.8. The molecule has 0 unspecified atom stereocenters. The summed E-state index contributed by atoms with van der Waals surface area (Å²) >= 11 is 0. The molecule has 182 valence electrons. The molecule has 8 heteroatoms. The van der Waals surface area contributed by atoms with E-state index in [1.54, 1.807) is 14.2 Å². The number of benzene rings is 2. The third kappa shape index (κ3) is 7.42. The van der Waals surface area contributed by atoms with Crippen molar-refractivity contribution in [3.8, 4) is 28.7 Å². The molecule has 1 aliphatic rings. The molecule has 2 aromatic carbocycles. The topological polar surface area (TPSA) is 90.4 Å². The van der Waals surface area contributed by atoms with Crippen LogP contribution in [0, 0.1) is 0 Å². The Morgan fingerprint density at radius 2 is 1.85 bits per heavy atom. The van der Waals surface area contributed by atoms with Crippen LogP contribution in [-0.2, 0) is 6.42 Å². The molecule has 0 bridgehead atoms. The lowest BCUT2D eigenvalue weighted by Gasteiger charge is -2.27. The summed E-state index contributed by atoms with van der Waals surface area (Å²) in [5.41, 5.74) is 1.02. The van der Waals surface area contributed by atoms with Gasteiger partial charge in [-0.1, -0.05) is 26.0 Å². The Morgan fingerprint density at radius 1 is 1.09 bits per heavy atom. The van der Waals surface area contributed by atoms with Crippen LogP contribution in [0.3, 0.4) is 0 Å². The predicted molar refractivity (Wildman–Crippen MR) is 127 cm³/mol. The van der Waals surface area contributed by atoms with E-state index in [-0.39, 0.29) is 6.10 Å². The van der Waals surface area contributed by atoms with Crippen molar-refractivity contribution in [1.82, 2.24) is 10.6 Å². The highest BCUT2D eigenvalue weighted by atomic mass is 16.6. The van der Waals surface area contributed by atoms with Crippen LogP contribution in [0.25, 0.3) is 0 Å². The Labute approximate surface area is 196 Å². The molecule has 0 aliphatic carbocycles. The minimum Gasteiger partial charge on any atom is -0.493 e. The second-order valence-corrected chi connectivity index (χ2v) is 8.30. The van der Waals surface area contributed by atoms with Crippen molar-refractivity contribution in [1.29, 1.82) is 0 Å². The molecule has 1 aliphatic heterocycles. The van der Waals surface area contributed by atoms with Crippen LogP contribution in [0.1, 0.15) is 19.4 Å². The van der Waals surface area contributed by atoms with E-state index in [0.29, 0.717) is 68.3 Å². The highest BCUT2D eigenvalue weighted by molar-refractivity contribution is 5.51. The van der Waals surface area contributed by atoms with Gasteiger partial charge >= 0.3 is 0 Å². The molecular formula is C25H36N2O6. The van der Waals surface area contributed by atoms with Gasteiger partial charge in [0.1, 0.15) is 19.3 Å². The monoisotopic (exact) mass is 460 g/mol. The maximum atomic E-state index is 10.3. The smallest absolute Gasteiger partial charge is 0.203 e. The van der Waals surface area contributed by atoms with Crippen LogP contribution in [0.5, 0.6) is 28.7 Å². The van der Waals surface area contributed by atoms with Crippen molar-refractivity contribution in [2.24, 2.45) is 0 Å². The summed E-state index contributed by atoms with van der Waals surface area (Å²) < 4.78 is 28.6. The van der Waals surface area contributed by atoms with Gasteiger partial charge in [-0.3, -0.25) is 0 Å². The van der Waals surface area contributed by atoms with Crippen LogP contribution in [0.4, 0.5) is 0 Å². The van der Waals surface area contributed by atoms with Crippen molar-refractivity contribution < 1.29 is 28.8 Å². The second-order valence-electron chi connectivity index (χ2n) is 8.30. The average Bonchev–Trinajstić information content (AvgIpc) is 2.82. The third-order valence-electron chi connectivity index (χ3n) is 5.24. The molecule has 0 fully saturated rings. The first kappa shape index (κ1) is 25.0. The van der Waals surface area contributed by atoms with Crippen LogP contribution in [0.15, 0.2) is 36.4 Å². The van der Waals surface area contributed by atoms with E-state index in [1.165, 1.54) is 0 Å². The van der Waals surface area contributed by atoms with Gasteiger partial charge in [0, 0.05) is 25.7 Å². The SMILES string of the molecule is COc1cccc(OC)c1OCCNC[C@@H]1COc2ccc(C[C@@H](O)CNC(C)C)cc2O1. The summed E-state index contributed by atoms with van der Waals surface area (Å²) in [6, 6.07) is 11.7. The summed E-state index contributed by atoms with van der Waals surface area (Å²) in [6.07, 6.45) is -0.00129. The number of rotatable bonds is 13. The number of ether oxygens (including phenoxy) is 5. The molecule has 0 saturated heterocycles. The van der Waals surface area contributed by atoms with Crippen molar-refractivity contribution in [3.05, 3.63) is 42.0 Å². The lowest BCUT2D eigenvalue weighted by molar-refractivity contribution is 0.0893. The molecule has 1 heterocycles. The lowest BCUT2D eigenvalue weighted by atomic mass is 10.1. The zero-order valence-corrected chi connectivity index (χ0v) is 19.9. The highest BCUT2D eigenvalue weighted by Gasteiger charge is 2.21. The number of hydrogen-bond donors (Lipinski definition) is 3. The molecule has 0 spiro atoms. The maximum absolute atomic E-state index is 10.3. The molecule has 0 radical (unpaired) electrons. The van der Waals surface area contributed by atoms with Gasteiger partial charge in [-0.15, -0.1) is 0 Å². The van der Waals surface area contributed by atoms with E-state index in [1.807, 2.05) is 36.4 Å². The number of para-hydroxylation sites is 1. The van der Waals surface area contributed by atoms with Crippen molar-refractivity contribution in [3.63, 3.8) is 0 Å². The van der Waals surface area contributed by atoms with Crippen LogP contribution in [-0.4, -0.2) is 70.4 Å². The standard InChI is InChI=1S/C25H36N2O6/c1-17(2)27-14-19(28)12-18-8-9-21-24(13-18)33-20(16-32-21)15-26-10-11-31-25-22(29-3)6-5-7-23(25)30-4/h5-9,13,17,19-20,26-28H,10-12,14-16H2,1-4H3/t19-,20-/m1/s1. The summed E-state index contributed by atoms with van der Waals surface area (Å²) in [7, 11) is 3.21. The highest BCUT2D eigenvalue weighted by Crippen LogP contribution is 2.36. The fourth-order valence-electron chi connectivity index (χ4n) is 3.55. The van der Waals surface area contributed by atoms with Crippen molar-refractivity contribution >= 4 is 0 Å². The van der Waals surface area contributed by atoms with Gasteiger partial charge in [-0.2, -0.15) is 0 Å². The zero-order chi connectivity index (χ0) is 23.6. The number of aliphatic hydroxyl groups excluding tert-OH is 1.